The van der Waals surface area contributed by atoms with Gasteiger partial charge in [-0.1, -0.05) is 6.92 Å². The van der Waals surface area contributed by atoms with E-state index < -0.39 is 0 Å². The van der Waals surface area contributed by atoms with E-state index >= 15 is 0 Å². The van der Waals surface area contributed by atoms with Crippen LogP contribution in [-0.2, 0) is 0 Å². The summed E-state index contributed by atoms with van der Waals surface area (Å²) in [6.45, 7) is 3.77. The average Bonchev–Trinajstić information content (AvgIpc) is 2.10. The lowest BCUT2D eigenvalue weighted by Crippen LogP contribution is -2.11. The fraction of sp³-hybridized carbons (Fsp3) is 0.400. The van der Waals surface area contributed by atoms with E-state index in [1.54, 1.807) is 6.07 Å². The molecule has 0 aliphatic heterocycles. The highest BCUT2D eigenvalue weighted by atomic mass is 19.1. The number of nitrogens with two attached hydrogens (primary N) is 2. The Kier molecular flexibility index (Phi) is 2.88. The van der Waals surface area contributed by atoms with Crippen molar-refractivity contribution in [1.29, 1.82) is 0 Å². The number of hydrogen-bond donors (Lipinski definition) is 2. The molecule has 0 fully saturated rings. The van der Waals surface area contributed by atoms with Crippen molar-refractivity contribution in [3.8, 4) is 0 Å². The summed E-state index contributed by atoms with van der Waals surface area (Å²) in [5.41, 5.74) is 13.2. The zero-order valence-corrected chi connectivity index (χ0v) is 7.97. The van der Waals surface area contributed by atoms with Crippen LogP contribution in [0.25, 0.3) is 0 Å². The summed E-state index contributed by atoms with van der Waals surface area (Å²) < 4.78 is 13.3. The third kappa shape index (κ3) is 1.98. The zero-order valence-electron chi connectivity index (χ0n) is 7.97. The number of halogens is 1. The molecule has 72 valence electrons. The van der Waals surface area contributed by atoms with Crippen molar-refractivity contribution in [2.24, 2.45) is 5.73 Å². The molecule has 0 amide bonds. The third-order valence-electron chi connectivity index (χ3n) is 2.22. The van der Waals surface area contributed by atoms with Crippen molar-refractivity contribution in [3.05, 3.63) is 29.1 Å². The Labute approximate surface area is 77.7 Å². The van der Waals surface area contributed by atoms with Gasteiger partial charge in [-0.3, -0.25) is 0 Å². The van der Waals surface area contributed by atoms with Gasteiger partial charge in [0.2, 0.25) is 0 Å². The minimum Gasteiger partial charge on any atom is -0.398 e. The van der Waals surface area contributed by atoms with E-state index in [0.717, 1.165) is 12.0 Å². The Balaban J connectivity index is 3.15. The van der Waals surface area contributed by atoms with Gasteiger partial charge in [0.25, 0.3) is 0 Å². The highest BCUT2D eigenvalue weighted by molar-refractivity contribution is 5.48. The van der Waals surface area contributed by atoms with Gasteiger partial charge < -0.3 is 11.5 Å². The molecule has 0 radical (unpaired) electrons. The highest BCUT2D eigenvalue weighted by Gasteiger charge is 2.10. The molecule has 1 rings (SSSR count). The van der Waals surface area contributed by atoms with Crippen LogP contribution in [0.3, 0.4) is 0 Å². The van der Waals surface area contributed by atoms with Crippen molar-refractivity contribution in [2.45, 2.75) is 26.3 Å². The van der Waals surface area contributed by atoms with E-state index in [2.05, 4.69) is 0 Å². The number of rotatable bonds is 2. The van der Waals surface area contributed by atoms with E-state index in [1.165, 1.54) is 6.07 Å². The van der Waals surface area contributed by atoms with Crippen LogP contribution < -0.4 is 11.5 Å². The smallest absolute Gasteiger partial charge is 0.130 e. The van der Waals surface area contributed by atoms with E-state index in [4.69, 9.17) is 11.5 Å². The lowest BCUT2D eigenvalue weighted by molar-refractivity contribution is 0.575. The summed E-state index contributed by atoms with van der Waals surface area (Å²) in [5, 5.41) is 0. The van der Waals surface area contributed by atoms with Crippen molar-refractivity contribution < 1.29 is 4.39 Å². The van der Waals surface area contributed by atoms with E-state index in [0.29, 0.717) is 11.3 Å². The lowest BCUT2D eigenvalue weighted by atomic mass is 10.0. The van der Waals surface area contributed by atoms with Gasteiger partial charge in [-0.2, -0.15) is 0 Å². The first kappa shape index (κ1) is 9.99. The highest BCUT2D eigenvalue weighted by Crippen LogP contribution is 2.22. The van der Waals surface area contributed by atoms with Gasteiger partial charge in [-0.15, -0.1) is 0 Å². The molecule has 1 aromatic rings. The molecule has 1 unspecified atom stereocenters. The van der Waals surface area contributed by atoms with Crippen molar-refractivity contribution >= 4 is 5.69 Å². The minimum atomic E-state index is -0.308. The normalized spacial score (nSPS) is 12.9. The Morgan fingerprint density at radius 2 is 2.08 bits per heavy atom. The molecule has 4 N–H and O–H groups in total. The third-order valence-corrected chi connectivity index (χ3v) is 2.22. The summed E-state index contributed by atoms with van der Waals surface area (Å²) in [6.07, 6.45) is 0.722. The molecule has 0 spiro atoms. The zero-order chi connectivity index (χ0) is 10.0. The maximum Gasteiger partial charge on any atom is 0.130 e. The van der Waals surface area contributed by atoms with Crippen LogP contribution in [0.1, 0.15) is 30.5 Å². The summed E-state index contributed by atoms with van der Waals surface area (Å²) in [7, 11) is 0. The SMILES string of the molecule is CCC(N)c1cc(C)c(N)cc1F. The van der Waals surface area contributed by atoms with Gasteiger partial charge in [0, 0.05) is 17.3 Å². The maximum atomic E-state index is 13.3. The molecule has 2 nitrogen and oxygen atoms in total. The second-order valence-corrected chi connectivity index (χ2v) is 3.25. The molecule has 3 heteroatoms. The summed E-state index contributed by atoms with van der Waals surface area (Å²) in [6, 6.07) is 2.82. The second-order valence-electron chi connectivity index (χ2n) is 3.25. The van der Waals surface area contributed by atoms with Gasteiger partial charge >= 0.3 is 0 Å². The predicted molar refractivity (Wildman–Crippen MR) is 52.8 cm³/mol. The fourth-order valence-electron chi connectivity index (χ4n) is 1.22. The monoisotopic (exact) mass is 182 g/mol. The maximum absolute atomic E-state index is 13.3. The van der Waals surface area contributed by atoms with E-state index in [1.807, 2.05) is 13.8 Å². The average molecular weight is 182 g/mol. The van der Waals surface area contributed by atoms with E-state index in [-0.39, 0.29) is 11.9 Å². The van der Waals surface area contributed by atoms with Crippen LogP contribution in [0.5, 0.6) is 0 Å². The minimum absolute atomic E-state index is 0.237. The Bertz CT molecular complexity index is 310. The molecular formula is C10H15FN2. The van der Waals surface area contributed by atoms with Gasteiger partial charge in [0.05, 0.1) is 0 Å². The Morgan fingerprint density at radius 3 is 2.62 bits per heavy atom. The van der Waals surface area contributed by atoms with Crippen LogP contribution >= 0.6 is 0 Å². The Hall–Kier alpha value is -1.09. The van der Waals surface area contributed by atoms with Crippen molar-refractivity contribution in [1.82, 2.24) is 0 Å². The Morgan fingerprint density at radius 1 is 1.46 bits per heavy atom. The number of nitrogen functional groups attached to an aromatic ring is 1. The first-order valence-electron chi connectivity index (χ1n) is 4.37. The summed E-state index contributed by atoms with van der Waals surface area (Å²) >= 11 is 0. The standard InChI is InChI=1S/C10H15FN2/c1-3-9(12)7-4-6(2)10(13)5-8(7)11/h4-5,9H,3,12-13H2,1-2H3. The molecule has 0 aliphatic carbocycles. The van der Waals surface area contributed by atoms with Crippen LogP contribution in [0.15, 0.2) is 12.1 Å². The van der Waals surface area contributed by atoms with Gasteiger partial charge in [-0.25, -0.2) is 4.39 Å². The molecule has 0 bridgehead atoms. The fourth-order valence-corrected chi connectivity index (χ4v) is 1.22. The second kappa shape index (κ2) is 3.75. The quantitative estimate of drug-likeness (QED) is 0.688. The first-order valence-corrected chi connectivity index (χ1v) is 4.37. The van der Waals surface area contributed by atoms with Crippen LogP contribution in [0.2, 0.25) is 0 Å². The van der Waals surface area contributed by atoms with E-state index in [9.17, 15) is 4.39 Å². The van der Waals surface area contributed by atoms with Gasteiger partial charge in [0.1, 0.15) is 5.82 Å². The molecule has 0 saturated carbocycles. The molecule has 13 heavy (non-hydrogen) atoms. The van der Waals surface area contributed by atoms with Crippen LogP contribution in [0.4, 0.5) is 10.1 Å². The van der Waals surface area contributed by atoms with Gasteiger partial charge in [-0.05, 0) is 31.0 Å². The largest absolute Gasteiger partial charge is 0.398 e. The molecule has 1 aromatic carbocycles. The topological polar surface area (TPSA) is 52.0 Å². The molecule has 0 aliphatic rings. The van der Waals surface area contributed by atoms with Crippen molar-refractivity contribution in [2.75, 3.05) is 5.73 Å². The number of benzene rings is 1. The number of aryl methyl sites for hydroxylation is 1. The molecule has 1 atom stereocenters. The molecule has 0 aromatic heterocycles. The summed E-state index contributed by atoms with van der Waals surface area (Å²) in [4.78, 5) is 0. The number of anilines is 1. The van der Waals surface area contributed by atoms with Gasteiger partial charge in [0.15, 0.2) is 0 Å². The molecule has 0 heterocycles. The lowest BCUT2D eigenvalue weighted by Gasteiger charge is -2.12. The van der Waals surface area contributed by atoms with Crippen molar-refractivity contribution in [3.63, 3.8) is 0 Å². The van der Waals surface area contributed by atoms with Crippen LogP contribution in [-0.4, -0.2) is 0 Å². The molecule has 0 saturated heterocycles. The first-order chi connectivity index (χ1) is 6.06. The molecular weight excluding hydrogens is 167 g/mol. The number of hydrogen-bond acceptors (Lipinski definition) is 2. The summed E-state index contributed by atoms with van der Waals surface area (Å²) in [5.74, 6) is -0.308. The predicted octanol–water partition coefficient (Wildman–Crippen LogP) is 2.13. The van der Waals surface area contributed by atoms with Crippen LogP contribution in [0, 0.1) is 12.7 Å².